The van der Waals surface area contributed by atoms with E-state index in [1.165, 1.54) is 0 Å². The van der Waals surface area contributed by atoms with Gasteiger partial charge in [-0.15, -0.1) is 11.3 Å². The molecule has 1 aromatic rings. The van der Waals surface area contributed by atoms with Gasteiger partial charge in [0.2, 0.25) is 5.91 Å². The summed E-state index contributed by atoms with van der Waals surface area (Å²) >= 11 is 1.55. The van der Waals surface area contributed by atoms with Gasteiger partial charge in [0.1, 0.15) is 6.04 Å². The molecule has 0 fully saturated rings. The number of carboxylic acid groups (broad SMARTS) is 1. The highest BCUT2D eigenvalue weighted by Crippen LogP contribution is 2.14. The van der Waals surface area contributed by atoms with Crippen molar-refractivity contribution < 1.29 is 19.5 Å². The third kappa shape index (κ3) is 5.70. The number of aryl methyl sites for hydroxylation is 1. The first kappa shape index (κ1) is 16.0. The second-order valence-electron chi connectivity index (χ2n) is 4.24. The van der Waals surface area contributed by atoms with Crippen LogP contribution in [0.5, 0.6) is 0 Å². The van der Waals surface area contributed by atoms with E-state index in [-0.39, 0.29) is 12.8 Å². The minimum atomic E-state index is -1.20. The number of carboxylic acids is 1. The van der Waals surface area contributed by atoms with E-state index in [1.54, 1.807) is 11.3 Å². The van der Waals surface area contributed by atoms with Crippen LogP contribution in [0.1, 0.15) is 22.6 Å². The Labute approximate surface area is 120 Å². The number of urea groups is 1. The molecule has 0 aliphatic heterocycles. The molecule has 0 saturated heterocycles. The standard InChI is InChI=1S/C12H17N3O4S/c1-7-2-3-8(20-7)6-14-12(19)15-9(11(17)18)4-5-10(13)16/h2-3,9H,4-6H2,1H3,(H2,13,16)(H,17,18)(H2,14,15,19)/t9-/m1/s1. The number of amides is 3. The molecule has 0 aromatic carbocycles. The summed E-state index contributed by atoms with van der Waals surface area (Å²) in [6.07, 6.45) is -0.127. The van der Waals surface area contributed by atoms with Crippen molar-refractivity contribution in [3.05, 3.63) is 21.9 Å². The number of nitrogens with two attached hydrogens (primary N) is 1. The molecule has 0 radical (unpaired) electrons. The number of carbonyl (C=O) groups is 3. The number of nitrogens with one attached hydrogen (secondary N) is 2. The van der Waals surface area contributed by atoms with Crippen molar-refractivity contribution in [2.45, 2.75) is 32.4 Å². The van der Waals surface area contributed by atoms with Crippen molar-refractivity contribution in [2.24, 2.45) is 5.73 Å². The zero-order valence-corrected chi connectivity index (χ0v) is 11.8. The molecule has 0 saturated carbocycles. The zero-order chi connectivity index (χ0) is 15.1. The van der Waals surface area contributed by atoms with Crippen LogP contribution < -0.4 is 16.4 Å². The predicted octanol–water partition coefficient (Wildman–Crippen LogP) is 0.574. The monoisotopic (exact) mass is 299 g/mol. The Bertz CT molecular complexity index is 501. The van der Waals surface area contributed by atoms with E-state index in [9.17, 15) is 14.4 Å². The van der Waals surface area contributed by atoms with Gasteiger partial charge in [0.15, 0.2) is 0 Å². The average molecular weight is 299 g/mol. The van der Waals surface area contributed by atoms with E-state index in [1.807, 2.05) is 19.1 Å². The summed E-state index contributed by atoms with van der Waals surface area (Å²) in [5.41, 5.74) is 4.95. The molecule has 8 heteroatoms. The molecule has 7 nitrogen and oxygen atoms in total. The topological polar surface area (TPSA) is 122 Å². The lowest BCUT2D eigenvalue weighted by Gasteiger charge is -2.14. The summed E-state index contributed by atoms with van der Waals surface area (Å²) in [6, 6.07) is 2.11. The summed E-state index contributed by atoms with van der Waals surface area (Å²) in [5.74, 6) is -1.80. The van der Waals surface area contributed by atoms with Crippen LogP contribution in [0.15, 0.2) is 12.1 Å². The van der Waals surface area contributed by atoms with Crippen LogP contribution in [0.25, 0.3) is 0 Å². The van der Waals surface area contributed by atoms with E-state index < -0.39 is 23.9 Å². The fourth-order valence-electron chi connectivity index (χ4n) is 1.50. The molecule has 110 valence electrons. The zero-order valence-electron chi connectivity index (χ0n) is 11.0. The van der Waals surface area contributed by atoms with Gasteiger partial charge in [0.05, 0.1) is 6.54 Å². The number of rotatable bonds is 7. The quantitative estimate of drug-likeness (QED) is 0.588. The maximum atomic E-state index is 11.6. The fourth-order valence-corrected chi connectivity index (χ4v) is 2.33. The Kier molecular flexibility index (Phi) is 5.98. The van der Waals surface area contributed by atoms with Gasteiger partial charge in [0, 0.05) is 16.2 Å². The molecule has 0 unspecified atom stereocenters. The molecule has 0 spiro atoms. The molecule has 0 aliphatic carbocycles. The number of aliphatic carboxylic acids is 1. The Hall–Kier alpha value is -2.09. The third-order valence-electron chi connectivity index (χ3n) is 2.50. The van der Waals surface area contributed by atoms with Gasteiger partial charge in [-0.05, 0) is 25.5 Å². The molecular weight excluding hydrogens is 282 g/mol. The van der Waals surface area contributed by atoms with Crippen LogP contribution in [-0.2, 0) is 16.1 Å². The Morgan fingerprint density at radius 3 is 2.60 bits per heavy atom. The molecule has 3 amide bonds. The molecule has 1 rings (SSSR count). The number of hydrogen-bond acceptors (Lipinski definition) is 4. The molecular formula is C12H17N3O4S. The second-order valence-corrected chi connectivity index (χ2v) is 5.61. The first-order valence-electron chi connectivity index (χ1n) is 5.99. The Morgan fingerprint density at radius 2 is 2.10 bits per heavy atom. The van der Waals surface area contributed by atoms with Crippen LogP contribution >= 0.6 is 11.3 Å². The summed E-state index contributed by atoms with van der Waals surface area (Å²) in [5, 5.41) is 13.8. The summed E-state index contributed by atoms with van der Waals surface area (Å²) in [7, 11) is 0. The average Bonchev–Trinajstić information content (AvgIpc) is 2.77. The smallest absolute Gasteiger partial charge is 0.326 e. The van der Waals surface area contributed by atoms with Crippen molar-refractivity contribution in [1.29, 1.82) is 0 Å². The highest BCUT2D eigenvalue weighted by molar-refractivity contribution is 7.11. The highest BCUT2D eigenvalue weighted by atomic mass is 32.1. The summed E-state index contributed by atoms with van der Waals surface area (Å²) in [6.45, 7) is 2.28. The number of carbonyl (C=O) groups excluding carboxylic acids is 2. The maximum absolute atomic E-state index is 11.6. The largest absolute Gasteiger partial charge is 0.480 e. The minimum Gasteiger partial charge on any atom is -0.480 e. The van der Waals surface area contributed by atoms with Gasteiger partial charge in [-0.25, -0.2) is 9.59 Å². The second kappa shape index (κ2) is 7.49. The van der Waals surface area contributed by atoms with Gasteiger partial charge in [-0.1, -0.05) is 0 Å². The van der Waals surface area contributed by atoms with E-state index in [2.05, 4.69) is 10.6 Å². The van der Waals surface area contributed by atoms with E-state index in [0.29, 0.717) is 6.54 Å². The lowest BCUT2D eigenvalue weighted by atomic mass is 10.1. The van der Waals surface area contributed by atoms with Gasteiger partial charge in [-0.3, -0.25) is 4.79 Å². The van der Waals surface area contributed by atoms with Gasteiger partial charge >= 0.3 is 12.0 Å². The van der Waals surface area contributed by atoms with Crippen LogP contribution in [-0.4, -0.2) is 29.1 Å². The third-order valence-corrected chi connectivity index (χ3v) is 3.50. The van der Waals surface area contributed by atoms with Crippen LogP contribution in [0.4, 0.5) is 4.79 Å². The summed E-state index contributed by atoms with van der Waals surface area (Å²) < 4.78 is 0. The van der Waals surface area contributed by atoms with Crippen molar-refractivity contribution in [2.75, 3.05) is 0 Å². The Balaban J connectivity index is 2.41. The molecule has 20 heavy (non-hydrogen) atoms. The lowest BCUT2D eigenvalue weighted by Crippen LogP contribution is -2.46. The normalized spacial score (nSPS) is 11.7. The maximum Gasteiger partial charge on any atom is 0.326 e. The first-order valence-corrected chi connectivity index (χ1v) is 6.81. The summed E-state index contributed by atoms with van der Waals surface area (Å²) in [4.78, 5) is 35.3. The van der Waals surface area contributed by atoms with Gasteiger partial charge in [-0.2, -0.15) is 0 Å². The minimum absolute atomic E-state index is 0.0316. The molecule has 0 aliphatic rings. The van der Waals surface area contributed by atoms with Crippen LogP contribution in [0.3, 0.4) is 0 Å². The molecule has 1 aromatic heterocycles. The van der Waals surface area contributed by atoms with Crippen molar-refractivity contribution in [3.8, 4) is 0 Å². The molecule has 1 heterocycles. The molecule has 1 atom stereocenters. The van der Waals surface area contributed by atoms with Gasteiger partial charge in [0.25, 0.3) is 0 Å². The highest BCUT2D eigenvalue weighted by Gasteiger charge is 2.20. The first-order chi connectivity index (χ1) is 9.38. The number of primary amides is 1. The number of hydrogen-bond donors (Lipinski definition) is 4. The van der Waals surface area contributed by atoms with E-state index in [4.69, 9.17) is 10.8 Å². The van der Waals surface area contributed by atoms with Crippen LogP contribution in [0, 0.1) is 6.92 Å². The fraction of sp³-hybridized carbons (Fsp3) is 0.417. The Morgan fingerprint density at radius 1 is 1.40 bits per heavy atom. The van der Waals surface area contributed by atoms with Crippen molar-refractivity contribution >= 4 is 29.2 Å². The van der Waals surface area contributed by atoms with Crippen LogP contribution in [0.2, 0.25) is 0 Å². The van der Waals surface area contributed by atoms with Crippen molar-refractivity contribution in [1.82, 2.24) is 10.6 Å². The SMILES string of the molecule is Cc1ccc(CNC(=O)N[C@H](CCC(N)=O)C(=O)O)s1. The van der Waals surface area contributed by atoms with E-state index >= 15 is 0 Å². The lowest BCUT2D eigenvalue weighted by molar-refractivity contribution is -0.139. The number of thiophene rings is 1. The molecule has 0 bridgehead atoms. The predicted molar refractivity (Wildman–Crippen MR) is 74.3 cm³/mol. The van der Waals surface area contributed by atoms with Crippen molar-refractivity contribution in [3.63, 3.8) is 0 Å². The molecule has 5 N–H and O–H groups in total. The van der Waals surface area contributed by atoms with Gasteiger partial charge < -0.3 is 21.5 Å². The van der Waals surface area contributed by atoms with E-state index in [0.717, 1.165) is 9.75 Å².